The molecule has 2 N–H and O–H groups in total. The Bertz CT molecular complexity index is 784. The Kier molecular flexibility index (Phi) is 6.01. The Labute approximate surface area is 153 Å². The number of primary amides is 1. The van der Waals surface area contributed by atoms with Gasteiger partial charge in [0, 0.05) is 24.1 Å². The van der Waals surface area contributed by atoms with Crippen molar-refractivity contribution in [2.24, 2.45) is 11.1 Å². The van der Waals surface area contributed by atoms with Gasteiger partial charge >= 0.3 is 6.09 Å². The number of likely N-dealkylation sites (N-methyl/N-ethyl adjacent to an activating group) is 1. The Hall–Kier alpha value is -2.85. The lowest BCUT2D eigenvalue weighted by atomic mass is 9.88. The van der Waals surface area contributed by atoms with E-state index in [1.54, 1.807) is 12.1 Å². The van der Waals surface area contributed by atoms with Gasteiger partial charge in [-0.05, 0) is 31.3 Å². The van der Waals surface area contributed by atoms with Gasteiger partial charge in [-0.2, -0.15) is 5.26 Å². The van der Waals surface area contributed by atoms with Gasteiger partial charge in [-0.15, -0.1) is 0 Å². The largest absolute Gasteiger partial charge is 0.444 e. The van der Waals surface area contributed by atoms with E-state index >= 15 is 0 Å². The lowest BCUT2D eigenvalue weighted by Crippen LogP contribution is -2.42. The highest BCUT2D eigenvalue weighted by atomic mass is 16.6. The van der Waals surface area contributed by atoms with Gasteiger partial charge in [-0.25, -0.2) is 9.78 Å². The number of rotatable bonds is 6. The van der Waals surface area contributed by atoms with E-state index in [9.17, 15) is 4.79 Å². The molecule has 0 saturated carbocycles. The second-order valence-electron chi connectivity index (χ2n) is 7.31. The molecule has 138 valence electrons. The third kappa shape index (κ3) is 5.07. The standard InChI is InChI=1S/C19H24N4O3/c1-19(2,3)16(26-18(21)24)11-23(4)10-15-17(25-12-22-15)14-7-5-13(9-20)6-8-14/h5-8,12,16H,10-11H2,1-4H3,(H2,21,24). The molecule has 1 atom stereocenters. The third-order valence-corrected chi connectivity index (χ3v) is 4.04. The predicted octanol–water partition coefficient (Wildman–Crippen LogP) is 3.16. The van der Waals surface area contributed by atoms with Crippen LogP contribution in [-0.2, 0) is 11.3 Å². The molecule has 0 radical (unpaired) electrons. The van der Waals surface area contributed by atoms with E-state index in [-0.39, 0.29) is 11.5 Å². The van der Waals surface area contributed by atoms with Gasteiger partial charge in [0.15, 0.2) is 12.2 Å². The van der Waals surface area contributed by atoms with Crippen molar-refractivity contribution >= 4 is 6.09 Å². The number of oxazole rings is 1. The third-order valence-electron chi connectivity index (χ3n) is 4.04. The van der Waals surface area contributed by atoms with Crippen LogP contribution in [0.5, 0.6) is 0 Å². The number of aromatic nitrogens is 1. The number of benzene rings is 1. The molecule has 0 aliphatic heterocycles. The van der Waals surface area contributed by atoms with Crippen LogP contribution in [0.4, 0.5) is 4.79 Å². The smallest absolute Gasteiger partial charge is 0.404 e. The minimum atomic E-state index is -0.780. The lowest BCUT2D eigenvalue weighted by molar-refractivity contribution is 0.0150. The van der Waals surface area contributed by atoms with Crippen LogP contribution in [0.1, 0.15) is 32.0 Å². The Morgan fingerprint density at radius 3 is 2.58 bits per heavy atom. The summed E-state index contributed by atoms with van der Waals surface area (Å²) in [5, 5.41) is 8.91. The van der Waals surface area contributed by atoms with Crippen molar-refractivity contribution in [1.82, 2.24) is 9.88 Å². The topological polar surface area (TPSA) is 105 Å². The zero-order valence-electron chi connectivity index (χ0n) is 15.5. The molecule has 7 heteroatoms. The Balaban J connectivity index is 2.12. The molecular formula is C19H24N4O3. The van der Waals surface area contributed by atoms with E-state index in [1.165, 1.54) is 6.39 Å². The Morgan fingerprint density at radius 2 is 2.04 bits per heavy atom. The number of carbonyl (C=O) groups excluding carboxylic acids is 1. The van der Waals surface area contributed by atoms with Gasteiger partial charge < -0.3 is 14.9 Å². The minimum Gasteiger partial charge on any atom is -0.444 e. The maximum Gasteiger partial charge on any atom is 0.404 e. The number of hydrogen-bond acceptors (Lipinski definition) is 6. The number of ether oxygens (including phenoxy) is 1. The molecule has 0 fully saturated rings. The molecule has 1 unspecified atom stereocenters. The molecule has 1 aromatic carbocycles. The molecule has 2 rings (SSSR count). The number of carbonyl (C=O) groups is 1. The average molecular weight is 356 g/mol. The van der Waals surface area contributed by atoms with Crippen LogP contribution in [0.25, 0.3) is 11.3 Å². The average Bonchev–Trinajstić information content (AvgIpc) is 3.01. The van der Waals surface area contributed by atoms with Crippen LogP contribution in [0.15, 0.2) is 35.1 Å². The van der Waals surface area contributed by atoms with Crippen LogP contribution in [-0.4, -0.2) is 35.7 Å². The van der Waals surface area contributed by atoms with Gasteiger partial charge in [0.25, 0.3) is 0 Å². The first-order valence-corrected chi connectivity index (χ1v) is 8.28. The first-order valence-electron chi connectivity index (χ1n) is 8.28. The van der Waals surface area contributed by atoms with Gasteiger partial charge in [0.05, 0.1) is 11.6 Å². The van der Waals surface area contributed by atoms with E-state index in [4.69, 9.17) is 20.1 Å². The summed E-state index contributed by atoms with van der Waals surface area (Å²) in [6, 6.07) is 9.23. The molecule has 0 aliphatic carbocycles. The summed E-state index contributed by atoms with van der Waals surface area (Å²) >= 11 is 0. The fourth-order valence-electron chi connectivity index (χ4n) is 2.54. The molecule has 7 nitrogen and oxygen atoms in total. The van der Waals surface area contributed by atoms with Crippen molar-refractivity contribution in [2.75, 3.05) is 13.6 Å². The maximum absolute atomic E-state index is 11.2. The molecule has 0 saturated heterocycles. The molecule has 26 heavy (non-hydrogen) atoms. The SMILES string of the molecule is CN(Cc1ncoc1-c1ccc(C#N)cc1)CC(OC(N)=O)C(C)(C)C. The summed E-state index contributed by atoms with van der Waals surface area (Å²) in [4.78, 5) is 17.5. The summed E-state index contributed by atoms with van der Waals surface area (Å²) < 4.78 is 10.8. The van der Waals surface area contributed by atoms with Crippen LogP contribution >= 0.6 is 0 Å². The van der Waals surface area contributed by atoms with Crippen LogP contribution in [0.3, 0.4) is 0 Å². The van der Waals surface area contributed by atoms with Crippen molar-refractivity contribution in [3.8, 4) is 17.4 Å². The zero-order valence-corrected chi connectivity index (χ0v) is 15.5. The second kappa shape index (κ2) is 8.02. The van der Waals surface area contributed by atoms with E-state index < -0.39 is 6.09 Å². The molecule has 1 amide bonds. The predicted molar refractivity (Wildman–Crippen MR) is 96.9 cm³/mol. The highest BCUT2D eigenvalue weighted by molar-refractivity contribution is 5.65. The second-order valence-corrected chi connectivity index (χ2v) is 7.31. The highest BCUT2D eigenvalue weighted by Crippen LogP contribution is 2.26. The fourth-order valence-corrected chi connectivity index (χ4v) is 2.54. The van der Waals surface area contributed by atoms with Crippen LogP contribution < -0.4 is 5.73 Å². The van der Waals surface area contributed by atoms with Crippen molar-refractivity contribution in [3.63, 3.8) is 0 Å². The summed E-state index contributed by atoms with van der Waals surface area (Å²) in [5.41, 5.74) is 7.16. The van der Waals surface area contributed by atoms with Crippen molar-refractivity contribution < 1.29 is 13.9 Å². The molecule has 1 heterocycles. The quantitative estimate of drug-likeness (QED) is 0.852. The zero-order chi connectivity index (χ0) is 19.3. The van der Waals surface area contributed by atoms with Crippen molar-refractivity contribution in [1.29, 1.82) is 5.26 Å². The minimum absolute atomic E-state index is 0.247. The summed E-state index contributed by atoms with van der Waals surface area (Å²) in [6.45, 7) is 7.00. The van der Waals surface area contributed by atoms with Crippen molar-refractivity contribution in [3.05, 3.63) is 41.9 Å². The van der Waals surface area contributed by atoms with Gasteiger partial charge in [0.2, 0.25) is 0 Å². The fraction of sp³-hybridized carbons (Fsp3) is 0.421. The van der Waals surface area contributed by atoms with E-state index in [0.717, 1.165) is 11.3 Å². The monoisotopic (exact) mass is 356 g/mol. The number of hydrogen-bond donors (Lipinski definition) is 1. The summed E-state index contributed by atoms with van der Waals surface area (Å²) in [6.07, 6.45) is 0.269. The number of nitriles is 1. The van der Waals surface area contributed by atoms with E-state index in [2.05, 4.69) is 11.1 Å². The summed E-state index contributed by atoms with van der Waals surface area (Å²) in [5.74, 6) is 0.657. The summed E-state index contributed by atoms with van der Waals surface area (Å²) in [7, 11) is 1.92. The number of nitrogens with zero attached hydrogens (tertiary/aromatic N) is 3. The van der Waals surface area contributed by atoms with E-state index in [1.807, 2.05) is 44.9 Å². The normalized spacial score (nSPS) is 12.6. The van der Waals surface area contributed by atoms with Crippen LogP contribution in [0, 0.1) is 16.7 Å². The molecule has 1 aromatic heterocycles. The Morgan fingerprint density at radius 1 is 1.38 bits per heavy atom. The molecule has 2 aromatic rings. The molecule has 0 spiro atoms. The maximum atomic E-state index is 11.2. The van der Waals surface area contributed by atoms with Gasteiger partial charge in [0.1, 0.15) is 11.8 Å². The number of amides is 1. The van der Waals surface area contributed by atoms with Gasteiger partial charge in [-0.3, -0.25) is 4.90 Å². The van der Waals surface area contributed by atoms with Crippen molar-refractivity contribution in [2.45, 2.75) is 33.4 Å². The van der Waals surface area contributed by atoms with Crippen LogP contribution in [0.2, 0.25) is 0 Å². The first kappa shape index (κ1) is 19.5. The molecular weight excluding hydrogens is 332 g/mol. The highest BCUT2D eigenvalue weighted by Gasteiger charge is 2.29. The number of nitrogens with two attached hydrogens (primary N) is 1. The first-order chi connectivity index (χ1) is 12.2. The van der Waals surface area contributed by atoms with E-state index in [0.29, 0.717) is 24.4 Å². The van der Waals surface area contributed by atoms with Gasteiger partial charge in [-0.1, -0.05) is 20.8 Å². The molecule has 0 aliphatic rings. The molecule has 0 bridgehead atoms. The lowest BCUT2D eigenvalue weighted by Gasteiger charge is -2.32.